The van der Waals surface area contributed by atoms with Gasteiger partial charge < -0.3 is 0 Å². The van der Waals surface area contributed by atoms with Crippen molar-refractivity contribution in [3.05, 3.63) is 84.5 Å². The first-order valence-electron chi connectivity index (χ1n) is 10.6. The molecule has 3 nitrogen and oxygen atoms in total. The molecule has 0 unspecified atom stereocenters. The Bertz CT molecular complexity index is 1230. The second kappa shape index (κ2) is 8.92. The molecular weight excluding hydrogens is 531 g/mol. The number of hydrogen-bond acceptors (Lipinski definition) is 2. The molecule has 3 rings (SSSR count). The van der Waals surface area contributed by atoms with Crippen molar-refractivity contribution in [2.75, 3.05) is 0 Å². The van der Waals surface area contributed by atoms with Crippen LogP contribution in [0.3, 0.4) is 0 Å². The molecule has 0 heterocycles. The minimum atomic E-state index is -4.27. The second-order valence-corrected chi connectivity index (χ2v) is 14.6. The topological polar surface area (TPSA) is 54.4 Å². The average Bonchev–Trinajstić information content (AvgIpc) is 2.67. The standard InChI is InChI=1S/C27H32IO3S/c1-18-8-14-22(32(29,30)31)17-23(18)24-16-20(27(5,6)7)11-15-25(24)28-21-12-9-19(10-13-21)26(2,3)4/h8-17H,1-7H3,(H,29,30,31)/q-1. The molecule has 0 atom stereocenters. The molecule has 0 saturated heterocycles. The monoisotopic (exact) mass is 563 g/mol. The summed E-state index contributed by atoms with van der Waals surface area (Å²) in [6, 6.07) is 20.3. The van der Waals surface area contributed by atoms with E-state index in [-0.39, 0.29) is 15.7 Å². The van der Waals surface area contributed by atoms with Crippen molar-refractivity contribution in [2.24, 2.45) is 0 Å². The number of aryl methyl sites for hydroxylation is 1. The third kappa shape index (κ3) is 5.80. The van der Waals surface area contributed by atoms with E-state index in [9.17, 15) is 13.0 Å². The number of halogens is 1. The molecular formula is C27H32IO3S-. The first-order chi connectivity index (χ1) is 14.7. The Morgan fingerprint density at radius 2 is 1.28 bits per heavy atom. The summed E-state index contributed by atoms with van der Waals surface area (Å²) < 4.78 is 35.8. The van der Waals surface area contributed by atoms with Crippen LogP contribution in [0.15, 0.2) is 65.6 Å². The fourth-order valence-corrected chi connectivity index (χ4v) is 6.46. The molecule has 0 spiro atoms. The maximum absolute atomic E-state index is 11.8. The molecule has 0 aromatic heterocycles. The Hall–Kier alpha value is -1.70. The summed E-state index contributed by atoms with van der Waals surface area (Å²) in [4.78, 5) is -0.0714. The van der Waals surface area contributed by atoms with Crippen LogP contribution in [0.2, 0.25) is 0 Å². The Morgan fingerprint density at radius 1 is 0.719 bits per heavy atom. The van der Waals surface area contributed by atoms with E-state index in [1.54, 1.807) is 12.1 Å². The Balaban J connectivity index is 2.15. The van der Waals surface area contributed by atoms with Gasteiger partial charge in [-0.2, -0.15) is 0 Å². The summed E-state index contributed by atoms with van der Waals surface area (Å²) in [5.41, 5.74) is 5.47. The van der Waals surface area contributed by atoms with Gasteiger partial charge in [-0.1, -0.05) is 0 Å². The van der Waals surface area contributed by atoms with Gasteiger partial charge in [-0.15, -0.1) is 0 Å². The van der Waals surface area contributed by atoms with Gasteiger partial charge in [-0.3, -0.25) is 0 Å². The summed E-state index contributed by atoms with van der Waals surface area (Å²) >= 11 is -0.481. The fraction of sp³-hybridized carbons (Fsp3) is 0.333. The van der Waals surface area contributed by atoms with Crippen LogP contribution in [-0.4, -0.2) is 13.0 Å². The fourth-order valence-electron chi connectivity index (χ4n) is 3.46. The second-order valence-electron chi connectivity index (χ2n) is 10.2. The molecule has 5 heteroatoms. The first kappa shape index (κ1) is 24.9. The van der Waals surface area contributed by atoms with E-state index in [0.29, 0.717) is 0 Å². The van der Waals surface area contributed by atoms with Crippen LogP contribution in [-0.2, 0) is 20.9 Å². The molecule has 3 aromatic carbocycles. The molecule has 0 radical (unpaired) electrons. The molecule has 0 aliphatic carbocycles. The molecule has 0 saturated carbocycles. The van der Waals surface area contributed by atoms with Crippen molar-refractivity contribution in [2.45, 2.75) is 64.2 Å². The molecule has 3 aromatic rings. The SMILES string of the molecule is Cc1ccc(S(=O)(=O)O)cc1-c1cc(C(C)(C)C)ccc1[I-]c1ccc(C(C)(C)C)cc1. The summed E-state index contributed by atoms with van der Waals surface area (Å²) in [6.45, 7) is 15.1. The Morgan fingerprint density at radius 3 is 1.81 bits per heavy atom. The molecule has 172 valence electrons. The predicted molar refractivity (Wildman–Crippen MR) is 128 cm³/mol. The van der Waals surface area contributed by atoms with Crippen molar-refractivity contribution in [1.82, 2.24) is 0 Å². The molecule has 0 aliphatic rings. The van der Waals surface area contributed by atoms with Gasteiger partial charge in [0.25, 0.3) is 0 Å². The summed E-state index contributed by atoms with van der Waals surface area (Å²) in [5.74, 6) is 0. The molecule has 32 heavy (non-hydrogen) atoms. The van der Waals surface area contributed by atoms with Gasteiger partial charge in [-0.05, 0) is 0 Å². The van der Waals surface area contributed by atoms with E-state index in [2.05, 4.69) is 84.0 Å². The quantitative estimate of drug-likeness (QED) is 0.390. The van der Waals surface area contributed by atoms with Crippen LogP contribution < -0.4 is 21.2 Å². The first-order valence-corrected chi connectivity index (χ1v) is 14.2. The zero-order chi connectivity index (χ0) is 23.9. The summed E-state index contributed by atoms with van der Waals surface area (Å²) in [5, 5.41) is 0. The van der Waals surface area contributed by atoms with Gasteiger partial charge in [0, 0.05) is 0 Å². The van der Waals surface area contributed by atoms with Crippen LogP contribution in [0.1, 0.15) is 58.2 Å². The predicted octanol–water partition coefficient (Wildman–Crippen LogP) is 3.63. The van der Waals surface area contributed by atoms with Crippen LogP contribution in [0.4, 0.5) is 0 Å². The maximum atomic E-state index is 11.8. The van der Waals surface area contributed by atoms with Gasteiger partial charge in [0.2, 0.25) is 0 Å². The molecule has 0 amide bonds. The van der Waals surface area contributed by atoms with E-state index in [4.69, 9.17) is 0 Å². The van der Waals surface area contributed by atoms with Crippen LogP contribution in [0, 0.1) is 14.1 Å². The van der Waals surface area contributed by atoms with Crippen LogP contribution >= 0.6 is 0 Å². The van der Waals surface area contributed by atoms with Gasteiger partial charge in [0.15, 0.2) is 0 Å². The summed E-state index contributed by atoms with van der Waals surface area (Å²) in [7, 11) is -4.27. The van der Waals surface area contributed by atoms with E-state index in [0.717, 1.165) is 16.7 Å². The molecule has 0 fully saturated rings. The Labute approximate surface area is 203 Å². The van der Waals surface area contributed by atoms with Gasteiger partial charge >= 0.3 is 204 Å². The third-order valence-electron chi connectivity index (χ3n) is 5.55. The van der Waals surface area contributed by atoms with Crippen LogP contribution in [0.25, 0.3) is 11.1 Å². The number of benzene rings is 3. The van der Waals surface area contributed by atoms with Crippen molar-refractivity contribution in [3.63, 3.8) is 0 Å². The van der Waals surface area contributed by atoms with E-state index in [1.807, 2.05) is 6.92 Å². The minimum absolute atomic E-state index is 0.0332. The molecule has 0 aliphatic heterocycles. The zero-order valence-electron chi connectivity index (χ0n) is 19.8. The van der Waals surface area contributed by atoms with Crippen molar-refractivity contribution >= 4 is 10.1 Å². The van der Waals surface area contributed by atoms with E-state index < -0.39 is 31.3 Å². The third-order valence-corrected chi connectivity index (χ3v) is 9.26. The van der Waals surface area contributed by atoms with Gasteiger partial charge in [0.05, 0.1) is 0 Å². The Kier molecular flexibility index (Phi) is 6.95. The average molecular weight is 564 g/mol. The molecule has 1 N–H and O–H groups in total. The van der Waals surface area contributed by atoms with Crippen molar-refractivity contribution in [3.8, 4) is 11.1 Å². The van der Waals surface area contributed by atoms with E-state index >= 15 is 0 Å². The zero-order valence-corrected chi connectivity index (χ0v) is 22.8. The number of hydrogen-bond donors (Lipinski definition) is 1. The normalized spacial score (nSPS) is 12.9. The van der Waals surface area contributed by atoms with Crippen molar-refractivity contribution < 1.29 is 34.2 Å². The van der Waals surface area contributed by atoms with Gasteiger partial charge in [-0.25, -0.2) is 0 Å². The summed E-state index contributed by atoms with van der Waals surface area (Å²) in [6.07, 6.45) is 0. The van der Waals surface area contributed by atoms with Gasteiger partial charge in [0.1, 0.15) is 0 Å². The molecule has 0 bridgehead atoms. The number of rotatable bonds is 4. The van der Waals surface area contributed by atoms with E-state index in [1.165, 1.54) is 24.3 Å². The van der Waals surface area contributed by atoms with Crippen molar-refractivity contribution in [1.29, 1.82) is 0 Å². The van der Waals surface area contributed by atoms with Crippen LogP contribution in [0.5, 0.6) is 0 Å².